The fourth-order valence-electron chi connectivity index (χ4n) is 3.20. The summed E-state index contributed by atoms with van der Waals surface area (Å²) in [5.74, 6) is -0.207. The van der Waals surface area contributed by atoms with Crippen molar-refractivity contribution < 1.29 is 4.79 Å². The molecule has 0 saturated carbocycles. The number of aromatic amines is 1. The van der Waals surface area contributed by atoms with Crippen molar-refractivity contribution in [1.82, 2.24) is 24.7 Å². The van der Waals surface area contributed by atoms with E-state index >= 15 is 0 Å². The van der Waals surface area contributed by atoms with Crippen LogP contribution in [0.2, 0.25) is 0 Å². The highest BCUT2D eigenvalue weighted by Crippen LogP contribution is 2.19. The third-order valence-corrected chi connectivity index (χ3v) is 4.56. The number of imidazole rings is 1. The molecule has 0 aliphatic carbocycles. The summed E-state index contributed by atoms with van der Waals surface area (Å²) >= 11 is 0. The number of rotatable bonds is 3. The molecule has 1 aliphatic heterocycles. The maximum atomic E-state index is 12.6. The summed E-state index contributed by atoms with van der Waals surface area (Å²) < 4.78 is 1.51. The summed E-state index contributed by atoms with van der Waals surface area (Å²) in [5.41, 5.74) is 1.63. The van der Waals surface area contributed by atoms with Crippen LogP contribution >= 0.6 is 0 Å². The smallest absolute Gasteiger partial charge is 0.273 e. The van der Waals surface area contributed by atoms with Crippen molar-refractivity contribution in [1.29, 1.82) is 0 Å². The Kier molecular flexibility index (Phi) is 3.93. The number of nitrogens with zero attached hydrogens (tertiary/aromatic N) is 4. The molecule has 2 N–H and O–H groups in total. The van der Waals surface area contributed by atoms with Crippen molar-refractivity contribution in [2.75, 3.05) is 18.0 Å². The first-order chi connectivity index (χ1) is 12.2. The molecule has 0 aromatic carbocycles. The third kappa shape index (κ3) is 2.98. The standard InChI is InChI=1S/C17H18N6O2/c24-16-14-9-19-11-23(14)15(10-20-16)17(25)21-12-3-7-22(8-4-12)13-1-5-18-6-2-13/h1-2,5-6,9-12H,3-4,7-8H2,(H,20,24)(H,21,25). The Morgan fingerprint density at radius 1 is 1.20 bits per heavy atom. The van der Waals surface area contributed by atoms with Gasteiger partial charge in [-0.15, -0.1) is 0 Å². The van der Waals surface area contributed by atoms with E-state index < -0.39 is 0 Å². The Hall–Kier alpha value is -3.16. The van der Waals surface area contributed by atoms with Crippen molar-refractivity contribution in [3.05, 3.63) is 59.3 Å². The minimum Gasteiger partial charge on any atom is -0.371 e. The molecule has 0 bridgehead atoms. The van der Waals surface area contributed by atoms with E-state index in [1.165, 1.54) is 23.1 Å². The van der Waals surface area contributed by atoms with Crippen molar-refractivity contribution in [2.45, 2.75) is 18.9 Å². The van der Waals surface area contributed by atoms with Crippen LogP contribution in [0.4, 0.5) is 5.69 Å². The molecule has 0 atom stereocenters. The van der Waals surface area contributed by atoms with E-state index in [0.29, 0.717) is 11.2 Å². The predicted octanol–water partition coefficient (Wildman–Crippen LogP) is 0.816. The first kappa shape index (κ1) is 15.4. The minimum atomic E-state index is -0.264. The van der Waals surface area contributed by atoms with Gasteiger partial charge in [0.1, 0.15) is 17.5 Å². The molecular weight excluding hydrogens is 320 g/mol. The Bertz CT molecular complexity index is 940. The van der Waals surface area contributed by atoms with E-state index in [-0.39, 0.29) is 17.5 Å². The second-order valence-electron chi connectivity index (χ2n) is 6.09. The molecule has 4 heterocycles. The Balaban J connectivity index is 1.43. The summed E-state index contributed by atoms with van der Waals surface area (Å²) in [5, 5.41) is 3.06. The average molecular weight is 338 g/mol. The second-order valence-corrected chi connectivity index (χ2v) is 6.09. The molecule has 1 fully saturated rings. The van der Waals surface area contributed by atoms with Gasteiger partial charge in [0.05, 0.1) is 6.20 Å². The normalized spacial score (nSPS) is 15.4. The number of anilines is 1. The van der Waals surface area contributed by atoms with E-state index in [1.807, 2.05) is 12.1 Å². The van der Waals surface area contributed by atoms with Crippen LogP contribution in [0.1, 0.15) is 23.3 Å². The minimum absolute atomic E-state index is 0.107. The van der Waals surface area contributed by atoms with E-state index in [1.54, 1.807) is 12.4 Å². The first-order valence-electron chi connectivity index (χ1n) is 8.22. The molecule has 25 heavy (non-hydrogen) atoms. The van der Waals surface area contributed by atoms with Crippen LogP contribution in [0.3, 0.4) is 0 Å². The number of H-pyrrole nitrogens is 1. The van der Waals surface area contributed by atoms with Crippen molar-refractivity contribution >= 4 is 17.1 Å². The molecule has 8 nitrogen and oxygen atoms in total. The number of hydrogen-bond acceptors (Lipinski definition) is 5. The van der Waals surface area contributed by atoms with Crippen LogP contribution in [-0.4, -0.2) is 44.4 Å². The molecule has 128 valence electrons. The second kappa shape index (κ2) is 6.39. The Labute approximate surface area is 143 Å². The number of hydrogen-bond donors (Lipinski definition) is 2. The van der Waals surface area contributed by atoms with Gasteiger partial charge in [0.15, 0.2) is 0 Å². The van der Waals surface area contributed by atoms with Gasteiger partial charge in [-0.3, -0.25) is 19.0 Å². The van der Waals surface area contributed by atoms with Crippen LogP contribution in [0.5, 0.6) is 0 Å². The van der Waals surface area contributed by atoms with Gasteiger partial charge in [-0.05, 0) is 25.0 Å². The molecule has 1 saturated heterocycles. The van der Waals surface area contributed by atoms with Gasteiger partial charge in [0, 0.05) is 43.4 Å². The molecular formula is C17H18N6O2. The van der Waals surface area contributed by atoms with Gasteiger partial charge in [-0.2, -0.15) is 0 Å². The van der Waals surface area contributed by atoms with Crippen LogP contribution in [-0.2, 0) is 0 Å². The van der Waals surface area contributed by atoms with Crippen LogP contribution in [0.25, 0.3) is 5.52 Å². The van der Waals surface area contributed by atoms with Crippen molar-refractivity contribution in [2.24, 2.45) is 0 Å². The highest BCUT2D eigenvalue weighted by molar-refractivity contribution is 5.93. The van der Waals surface area contributed by atoms with Crippen molar-refractivity contribution in [3.8, 4) is 0 Å². The number of carbonyl (C=O) groups is 1. The molecule has 1 aliphatic rings. The molecule has 3 aromatic heterocycles. The number of piperidine rings is 1. The maximum absolute atomic E-state index is 12.6. The lowest BCUT2D eigenvalue weighted by atomic mass is 10.0. The topological polar surface area (TPSA) is 95.4 Å². The maximum Gasteiger partial charge on any atom is 0.273 e. The van der Waals surface area contributed by atoms with E-state index in [4.69, 9.17) is 0 Å². The van der Waals surface area contributed by atoms with Crippen molar-refractivity contribution in [3.63, 3.8) is 0 Å². The quantitative estimate of drug-likeness (QED) is 0.737. The number of nitrogens with one attached hydrogen (secondary N) is 2. The number of carbonyl (C=O) groups excluding carboxylic acids is 1. The summed E-state index contributed by atoms with van der Waals surface area (Å²) in [7, 11) is 0. The van der Waals surface area contributed by atoms with Gasteiger partial charge in [-0.25, -0.2) is 4.98 Å². The van der Waals surface area contributed by atoms with Gasteiger partial charge < -0.3 is 15.2 Å². The fourth-order valence-corrected chi connectivity index (χ4v) is 3.20. The zero-order chi connectivity index (χ0) is 17.2. The highest BCUT2D eigenvalue weighted by Gasteiger charge is 2.22. The summed E-state index contributed by atoms with van der Waals surface area (Å²) in [6, 6.07) is 4.10. The highest BCUT2D eigenvalue weighted by atomic mass is 16.2. The van der Waals surface area contributed by atoms with Crippen LogP contribution < -0.4 is 15.8 Å². The summed E-state index contributed by atoms with van der Waals surface area (Å²) in [6.07, 6.45) is 9.66. The largest absolute Gasteiger partial charge is 0.371 e. The lowest BCUT2D eigenvalue weighted by Gasteiger charge is -2.33. The Morgan fingerprint density at radius 3 is 2.72 bits per heavy atom. The molecule has 0 spiro atoms. The van der Waals surface area contributed by atoms with Gasteiger partial charge >= 0.3 is 0 Å². The molecule has 1 amide bonds. The molecule has 0 unspecified atom stereocenters. The third-order valence-electron chi connectivity index (χ3n) is 4.56. The average Bonchev–Trinajstić information content (AvgIpc) is 3.14. The van der Waals surface area contributed by atoms with Crippen LogP contribution in [0.15, 0.2) is 48.0 Å². The van der Waals surface area contributed by atoms with Gasteiger partial charge in [-0.1, -0.05) is 0 Å². The molecule has 0 radical (unpaired) electrons. The monoisotopic (exact) mass is 338 g/mol. The van der Waals surface area contributed by atoms with Crippen LogP contribution in [0, 0.1) is 0 Å². The fraction of sp³-hybridized carbons (Fsp3) is 0.294. The molecule has 3 aromatic rings. The SMILES string of the molecule is O=C(NC1CCN(c2ccncc2)CC1)c1c[nH]c(=O)c2cncn12. The van der Waals surface area contributed by atoms with E-state index in [9.17, 15) is 9.59 Å². The number of aromatic nitrogens is 4. The lowest BCUT2D eigenvalue weighted by molar-refractivity contribution is 0.0924. The van der Waals surface area contributed by atoms with E-state index in [0.717, 1.165) is 31.6 Å². The van der Waals surface area contributed by atoms with E-state index in [2.05, 4.69) is 25.2 Å². The summed E-state index contributed by atoms with van der Waals surface area (Å²) in [4.78, 5) is 37.2. The zero-order valence-electron chi connectivity index (χ0n) is 13.6. The molecule has 8 heteroatoms. The van der Waals surface area contributed by atoms with Gasteiger partial charge in [0.2, 0.25) is 0 Å². The number of pyridine rings is 1. The first-order valence-corrected chi connectivity index (χ1v) is 8.22. The number of amides is 1. The zero-order valence-corrected chi connectivity index (χ0v) is 13.6. The predicted molar refractivity (Wildman–Crippen MR) is 92.8 cm³/mol. The Morgan fingerprint density at radius 2 is 1.96 bits per heavy atom. The summed E-state index contributed by atoms with van der Waals surface area (Å²) in [6.45, 7) is 1.75. The van der Waals surface area contributed by atoms with Gasteiger partial charge in [0.25, 0.3) is 11.5 Å². The molecule has 4 rings (SSSR count). The number of fused-ring (bicyclic) bond motifs is 1. The lowest BCUT2D eigenvalue weighted by Crippen LogP contribution is -2.45.